The second-order valence-electron chi connectivity index (χ2n) is 8.95. The number of nitrogens with one attached hydrogen (secondary N) is 1. The van der Waals surface area contributed by atoms with Gasteiger partial charge >= 0.3 is 0 Å². The Morgan fingerprint density at radius 1 is 0.944 bits per heavy atom. The summed E-state index contributed by atoms with van der Waals surface area (Å²) in [7, 11) is 0. The SMILES string of the molecule is C[C@H]1[C@@H](CSc2ncn[nH]2)O[C@@H](c2cccc(-c3cccc(CN)c3)c2)O[C@H]1c1ccc(CO)cc1. The number of hydrogen-bond acceptors (Lipinski definition) is 7. The number of thioether (sulfide) groups is 1. The van der Waals surface area contributed by atoms with Gasteiger partial charge in [0.05, 0.1) is 18.8 Å². The van der Waals surface area contributed by atoms with Crippen molar-refractivity contribution in [2.75, 3.05) is 5.75 Å². The molecule has 8 heteroatoms. The fourth-order valence-corrected chi connectivity index (χ4v) is 5.42. The molecule has 0 saturated carbocycles. The molecule has 0 radical (unpaired) electrons. The third kappa shape index (κ3) is 5.53. The van der Waals surface area contributed by atoms with E-state index in [0.717, 1.165) is 38.5 Å². The van der Waals surface area contributed by atoms with Gasteiger partial charge in [-0.15, -0.1) is 0 Å². The second-order valence-corrected chi connectivity index (χ2v) is 9.96. The Labute approximate surface area is 215 Å². The topological polar surface area (TPSA) is 106 Å². The molecule has 0 bridgehead atoms. The minimum atomic E-state index is -0.526. The number of H-pyrrole nitrogens is 1. The number of hydrogen-bond donors (Lipinski definition) is 3. The molecule has 1 aromatic heterocycles. The summed E-state index contributed by atoms with van der Waals surface area (Å²) < 4.78 is 13.1. The summed E-state index contributed by atoms with van der Waals surface area (Å²) in [5.74, 6) is 0.806. The summed E-state index contributed by atoms with van der Waals surface area (Å²) in [4.78, 5) is 4.24. The van der Waals surface area contributed by atoms with Crippen molar-refractivity contribution >= 4 is 11.8 Å². The van der Waals surface area contributed by atoms with Gasteiger partial charge in [-0.05, 0) is 39.9 Å². The van der Waals surface area contributed by atoms with E-state index in [0.29, 0.717) is 12.3 Å². The third-order valence-electron chi connectivity index (χ3n) is 6.56. The highest BCUT2D eigenvalue weighted by Gasteiger charge is 2.38. The Hall–Kier alpha value is -3.01. The minimum Gasteiger partial charge on any atom is -0.392 e. The quantitative estimate of drug-likeness (QED) is 0.291. The van der Waals surface area contributed by atoms with Crippen LogP contribution in [0.3, 0.4) is 0 Å². The molecule has 36 heavy (non-hydrogen) atoms. The van der Waals surface area contributed by atoms with Gasteiger partial charge in [-0.1, -0.05) is 79.3 Å². The van der Waals surface area contributed by atoms with E-state index in [2.05, 4.69) is 46.4 Å². The minimum absolute atomic E-state index is 0.0156. The summed E-state index contributed by atoms with van der Waals surface area (Å²) in [6.45, 7) is 2.67. The van der Waals surface area contributed by atoms with Crippen LogP contribution in [0.25, 0.3) is 11.1 Å². The number of aliphatic hydroxyl groups is 1. The second kappa shape index (κ2) is 11.4. The van der Waals surface area contributed by atoms with Crippen molar-refractivity contribution in [3.8, 4) is 11.1 Å². The lowest BCUT2D eigenvalue weighted by molar-refractivity contribution is -0.268. The molecule has 186 valence electrons. The van der Waals surface area contributed by atoms with E-state index in [1.54, 1.807) is 11.8 Å². The van der Waals surface area contributed by atoms with Gasteiger partial charge in [0.1, 0.15) is 6.33 Å². The molecular formula is C28H30N4O3S. The molecule has 4 N–H and O–H groups in total. The van der Waals surface area contributed by atoms with Crippen LogP contribution in [0.1, 0.15) is 41.6 Å². The number of aliphatic hydroxyl groups excluding tert-OH is 1. The van der Waals surface area contributed by atoms with Crippen LogP contribution in [0.2, 0.25) is 0 Å². The number of nitrogens with two attached hydrogens (primary N) is 1. The number of rotatable bonds is 8. The van der Waals surface area contributed by atoms with Crippen molar-refractivity contribution in [3.63, 3.8) is 0 Å². The van der Waals surface area contributed by atoms with Crippen molar-refractivity contribution < 1.29 is 14.6 Å². The van der Waals surface area contributed by atoms with Gasteiger partial charge in [-0.25, -0.2) is 4.98 Å². The first kappa shape index (κ1) is 24.7. The first-order chi connectivity index (χ1) is 17.6. The van der Waals surface area contributed by atoms with E-state index in [1.165, 1.54) is 6.33 Å². The molecule has 1 aliphatic heterocycles. The van der Waals surface area contributed by atoms with Gasteiger partial charge in [0.2, 0.25) is 0 Å². The van der Waals surface area contributed by atoms with Crippen molar-refractivity contribution in [1.29, 1.82) is 0 Å². The van der Waals surface area contributed by atoms with Gasteiger partial charge in [0.15, 0.2) is 11.4 Å². The summed E-state index contributed by atoms with van der Waals surface area (Å²) in [5, 5.41) is 17.1. The van der Waals surface area contributed by atoms with E-state index >= 15 is 0 Å². The molecule has 1 fully saturated rings. The first-order valence-corrected chi connectivity index (χ1v) is 13.0. The normalized spacial score (nSPS) is 22.0. The zero-order valence-electron chi connectivity index (χ0n) is 20.1. The molecule has 1 aliphatic rings. The van der Waals surface area contributed by atoms with E-state index in [1.807, 2.05) is 48.5 Å². The average molecular weight is 503 g/mol. The lowest BCUT2D eigenvalue weighted by atomic mass is 9.91. The molecule has 7 nitrogen and oxygen atoms in total. The largest absolute Gasteiger partial charge is 0.392 e. The summed E-state index contributed by atoms with van der Waals surface area (Å²) in [5.41, 5.74) is 12.0. The molecule has 0 unspecified atom stereocenters. The Morgan fingerprint density at radius 2 is 1.72 bits per heavy atom. The van der Waals surface area contributed by atoms with Crippen LogP contribution < -0.4 is 5.73 Å². The number of aromatic nitrogens is 3. The van der Waals surface area contributed by atoms with Crippen LogP contribution in [0.15, 0.2) is 84.3 Å². The molecule has 0 spiro atoms. The van der Waals surface area contributed by atoms with Crippen molar-refractivity contribution in [2.24, 2.45) is 11.7 Å². The number of aromatic amines is 1. The Morgan fingerprint density at radius 3 is 2.44 bits per heavy atom. The number of ether oxygens (including phenoxy) is 2. The van der Waals surface area contributed by atoms with E-state index in [-0.39, 0.29) is 24.7 Å². The van der Waals surface area contributed by atoms with Gasteiger partial charge < -0.3 is 20.3 Å². The fraction of sp³-hybridized carbons (Fsp3) is 0.286. The van der Waals surface area contributed by atoms with Gasteiger partial charge in [-0.3, -0.25) is 5.10 Å². The Kier molecular flexibility index (Phi) is 7.79. The fourth-order valence-electron chi connectivity index (χ4n) is 4.48. The van der Waals surface area contributed by atoms with Gasteiger partial charge in [-0.2, -0.15) is 5.10 Å². The highest BCUT2D eigenvalue weighted by Crippen LogP contribution is 2.43. The van der Waals surface area contributed by atoms with Crippen molar-refractivity contribution in [1.82, 2.24) is 15.2 Å². The maximum absolute atomic E-state index is 9.46. The Bertz CT molecular complexity index is 1270. The number of benzene rings is 3. The molecule has 1 saturated heterocycles. The summed E-state index contributed by atoms with van der Waals surface area (Å²) >= 11 is 1.59. The third-order valence-corrected chi connectivity index (χ3v) is 7.52. The van der Waals surface area contributed by atoms with Crippen LogP contribution in [-0.2, 0) is 22.6 Å². The van der Waals surface area contributed by atoms with E-state index < -0.39 is 6.29 Å². The lowest BCUT2D eigenvalue weighted by Gasteiger charge is -2.41. The predicted molar refractivity (Wildman–Crippen MR) is 140 cm³/mol. The molecule has 3 aromatic carbocycles. The molecule has 4 aromatic rings. The van der Waals surface area contributed by atoms with E-state index in [9.17, 15) is 5.11 Å². The maximum Gasteiger partial charge on any atom is 0.184 e. The smallest absolute Gasteiger partial charge is 0.184 e. The number of nitrogens with zero attached hydrogens (tertiary/aromatic N) is 2. The monoisotopic (exact) mass is 502 g/mol. The van der Waals surface area contributed by atoms with Crippen LogP contribution in [-0.4, -0.2) is 32.1 Å². The molecular weight excluding hydrogens is 472 g/mol. The first-order valence-electron chi connectivity index (χ1n) is 12.0. The van der Waals surface area contributed by atoms with Crippen LogP contribution in [0.4, 0.5) is 0 Å². The zero-order chi connectivity index (χ0) is 24.9. The van der Waals surface area contributed by atoms with Crippen LogP contribution in [0, 0.1) is 5.92 Å². The molecule has 5 rings (SSSR count). The van der Waals surface area contributed by atoms with Gasteiger partial charge in [0, 0.05) is 23.8 Å². The van der Waals surface area contributed by atoms with Crippen LogP contribution in [0.5, 0.6) is 0 Å². The standard InChI is InChI=1S/C28H30N4O3S/c1-18-25(16-36-28-30-17-31-32-28)34-27(35-26(18)21-10-8-19(15-33)9-11-21)24-7-3-6-23(13-24)22-5-2-4-20(12-22)14-29/h2-13,17-18,25-27,33H,14-16,29H2,1H3,(H,30,31,32)/t18-,25+,26+,27+/m0/s1. The van der Waals surface area contributed by atoms with Crippen molar-refractivity contribution in [2.45, 2.75) is 43.7 Å². The molecule has 0 amide bonds. The maximum atomic E-state index is 9.46. The van der Waals surface area contributed by atoms with E-state index in [4.69, 9.17) is 15.2 Å². The lowest BCUT2D eigenvalue weighted by Crippen LogP contribution is -2.38. The highest BCUT2D eigenvalue weighted by atomic mass is 32.2. The molecule has 4 atom stereocenters. The average Bonchev–Trinajstić information content (AvgIpc) is 3.46. The Balaban J connectivity index is 1.44. The molecule has 2 heterocycles. The summed E-state index contributed by atoms with van der Waals surface area (Å²) in [6.07, 6.45) is 0.740. The highest BCUT2D eigenvalue weighted by molar-refractivity contribution is 7.99. The van der Waals surface area contributed by atoms with Gasteiger partial charge in [0.25, 0.3) is 0 Å². The summed E-state index contributed by atoms with van der Waals surface area (Å²) in [6, 6.07) is 24.5. The van der Waals surface area contributed by atoms with Crippen LogP contribution >= 0.6 is 11.8 Å². The predicted octanol–water partition coefficient (Wildman–Crippen LogP) is 5.01. The zero-order valence-corrected chi connectivity index (χ0v) is 20.9. The van der Waals surface area contributed by atoms with Crippen molar-refractivity contribution in [3.05, 3.63) is 101 Å². The molecule has 0 aliphatic carbocycles.